The lowest BCUT2D eigenvalue weighted by atomic mass is 10.1. The van der Waals surface area contributed by atoms with E-state index in [4.69, 9.17) is 10.2 Å². The van der Waals surface area contributed by atoms with Crippen molar-refractivity contribution in [3.63, 3.8) is 0 Å². The summed E-state index contributed by atoms with van der Waals surface area (Å²) in [6.07, 6.45) is 0.977. The molecular formula is C10H13NO3S. The molecule has 82 valence electrons. The third-order valence-electron chi connectivity index (χ3n) is 2.79. The average Bonchev–Trinajstić information content (AvgIpc) is 2.95. The van der Waals surface area contributed by atoms with E-state index in [2.05, 4.69) is 0 Å². The van der Waals surface area contributed by atoms with Crippen LogP contribution in [-0.2, 0) is 10.0 Å². The lowest BCUT2D eigenvalue weighted by molar-refractivity contribution is 0.274. The summed E-state index contributed by atoms with van der Waals surface area (Å²) in [5.41, 5.74) is 1.07. The first kappa shape index (κ1) is 10.6. The van der Waals surface area contributed by atoms with Gasteiger partial charge in [0, 0.05) is 6.61 Å². The maximum absolute atomic E-state index is 11.0. The highest BCUT2D eigenvalue weighted by molar-refractivity contribution is 7.89. The summed E-state index contributed by atoms with van der Waals surface area (Å²) < 4.78 is 22.0. The summed E-state index contributed by atoms with van der Waals surface area (Å²) in [6.45, 7) is 0.196. The average molecular weight is 227 g/mol. The molecule has 1 aliphatic carbocycles. The fourth-order valence-corrected chi connectivity index (χ4v) is 2.28. The van der Waals surface area contributed by atoms with Crippen molar-refractivity contribution in [1.29, 1.82) is 0 Å². The van der Waals surface area contributed by atoms with Gasteiger partial charge in [-0.2, -0.15) is 0 Å². The zero-order valence-corrected chi connectivity index (χ0v) is 8.94. The molecule has 1 fully saturated rings. The van der Waals surface area contributed by atoms with Crippen molar-refractivity contribution in [1.82, 2.24) is 0 Å². The molecule has 2 rings (SSSR count). The van der Waals surface area contributed by atoms with Gasteiger partial charge in [0.15, 0.2) is 0 Å². The Bertz CT molecular complexity index is 452. The molecule has 0 saturated heterocycles. The number of primary sulfonamides is 1. The number of hydrogen-bond acceptors (Lipinski definition) is 3. The summed E-state index contributed by atoms with van der Waals surface area (Å²) in [6, 6.07) is 6.55. The van der Waals surface area contributed by atoms with E-state index in [9.17, 15) is 8.42 Å². The number of aliphatic hydroxyl groups is 1. The lowest BCUT2D eigenvalue weighted by Crippen LogP contribution is -2.11. The van der Waals surface area contributed by atoms with E-state index in [-0.39, 0.29) is 11.5 Å². The Morgan fingerprint density at radius 3 is 2.33 bits per heavy atom. The summed E-state index contributed by atoms with van der Waals surface area (Å²) in [5, 5.41) is 13.9. The Balaban J connectivity index is 2.19. The van der Waals surface area contributed by atoms with Crippen LogP contribution >= 0.6 is 0 Å². The van der Waals surface area contributed by atoms with Crippen LogP contribution in [0.3, 0.4) is 0 Å². The van der Waals surface area contributed by atoms with Crippen LogP contribution in [0.4, 0.5) is 0 Å². The minimum absolute atomic E-state index is 0.132. The number of aliphatic hydroxyl groups excluding tert-OH is 1. The van der Waals surface area contributed by atoms with Gasteiger partial charge in [0.1, 0.15) is 0 Å². The van der Waals surface area contributed by atoms with Crippen molar-refractivity contribution in [2.24, 2.45) is 11.1 Å². The predicted molar refractivity (Wildman–Crippen MR) is 55.7 cm³/mol. The summed E-state index contributed by atoms with van der Waals surface area (Å²) >= 11 is 0. The third kappa shape index (κ3) is 2.19. The Hall–Kier alpha value is -0.910. The van der Waals surface area contributed by atoms with E-state index >= 15 is 0 Å². The minimum atomic E-state index is -3.59. The molecule has 5 heteroatoms. The van der Waals surface area contributed by atoms with E-state index in [1.165, 1.54) is 12.1 Å². The monoisotopic (exact) mass is 227 g/mol. The Labute approximate surface area is 88.8 Å². The minimum Gasteiger partial charge on any atom is -0.396 e. The Morgan fingerprint density at radius 2 is 1.93 bits per heavy atom. The van der Waals surface area contributed by atoms with Gasteiger partial charge in [0.25, 0.3) is 0 Å². The van der Waals surface area contributed by atoms with Gasteiger partial charge in [0.05, 0.1) is 4.90 Å². The second-order valence-corrected chi connectivity index (χ2v) is 5.46. The van der Waals surface area contributed by atoms with Crippen molar-refractivity contribution < 1.29 is 13.5 Å². The van der Waals surface area contributed by atoms with Crippen LogP contribution in [0.5, 0.6) is 0 Å². The molecule has 1 aromatic rings. The maximum atomic E-state index is 11.0. The van der Waals surface area contributed by atoms with Gasteiger partial charge in [0.2, 0.25) is 10.0 Å². The van der Waals surface area contributed by atoms with Crippen molar-refractivity contribution in [3.8, 4) is 0 Å². The van der Waals surface area contributed by atoms with Gasteiger partial charge < -0.3 is 5.11 Å². The molecule has 2 atom stereocenters. The van der Waals surface area contributed by atoms with Crippen LogP contribution in [-0.4, -0.2) is 20.1 Å². The van der Waals surface area contributed by atoms with E-state index in [1.807, 2.05) is 0 Å². The fourth-order valence-electron chi connectivity index (χ4n) is 1.76. The molecular weight excluding hydrogens is 214 g/mol. The number of rotatable bonds is 3. The molecule has 0 amide bonds. The topological polar surface area (TPSA) is 80.4 Å². The van der Waals surface area contributed by atoms with Gasteiger partial charge >= 0.3 is 0 Å². The van der Waals surface area contributed by atoms with Crippen LogP contribution < -0.4 is 5.14 Å². The fraction of sp³-hybridized carbons (Fsp3) is 0.400. The zero-order chi connectivity index (χ0) is 11.1. The normalized spacial score (nSPS) is 25.2. The van der Waals surface area contributed by atoms with E-state index in [1.54, 1.807) is 12.1 Å². The lowest BCUT2D eigenvalue weighted by Gasteiger charge is -2.01. The van der Waals surface area contributed by atoms with E-state index < -0.39 is 10.0 Å². The van der Waals surface area contributed by atoms with Crippen molar-refractivity contribution in [3.05, 3.63) is 29.8 Å². The number of sulfonamides is 1. The van der Waals surface area contributed by atoms with Gasteiger partial charge in [-0.25, -0.2) is 13.6 Å². The van der Waals surface area contributed by atoms with Crippen LogP contribution in [0.25, 0.3) is 0 Å². The van der Waals surface area contributed by atoms with Crippen LogP contribution in [0.2, 0.25) is 0 Å². The molecule has 1 aliphatic rings. The molecule has 0 aromatic heterocycles. The molecule has 0 aliphatic heterocycles. The molecule has 0 bridgehead atoms. The summed E-state index contributed by atoms with van der Waals surface area (Å²) in [4.78, 5) is 0.132. The van der Waals surface area contributed by atoms with Crippen LogP contribution in [0.15, 0.2) is 29.2 Å². The second-order valence-electron chi connectivity index (χ2n) is 3.90. The summed E-state index contributed by atoms with van der Waals surface area (Å²) in [7, 11) is -3.59. The van der Waals surface area contributed by atoms with E-state index in [0.717, 1.165) is 12.0 Å². The van der Waals surface area contributed by atoms with Gasteiger partial charge in [-0.3, -0.25) is 0 Å². The van der Waals surface area contributed by atoms with Crippen molar-refractivity contribution >= 4 is 10.0 Å². The molecule has 15 heavy (non-hydrogen) atoms. The van der Waals surface area contributed by atoms with Crippen molar-refractivity contribution in [2.45, 2.75) is 17.2 Å². The molecule has 3 N–H and O–H groups in total. The highest BCUT2D eigenvalue weighted by Crippen LogP contribution is 2.46. The molecule has 1 aromatic carbocycles. The number of nitrogens with two attached hydrogens (primary N) is 1. The van der Waals surface area contributed by atoms with Gasteiger partial charge in [-0.15, -0.1) is 0 Å². The molecule has 0 spiro atoms. The summed E-state index contributed by atoms with van der Waals surface area (Å²) in [5.74, 6) is 0.717. The molecule has 4 nitrogen and oxygen atoms in total. The SMILES string of the molecule is NS(=O)(=O)c1ccc([C@H]2C[C@H]2CO)cc1. The first-order chi connectivity index (χ1) is 7.02. The zero-order valence-electron chi connectivity index (χ0n) is 8.13. The molecule has 0 heterocycles. The number of hydrogen-bond donors (Lipinski definition) is 2. The highest BCUT2D eigenvalue weighted by Gasteiger charge is 2.37. The second kappa shape index (κ2) is 3.59. The highest BCUT2D eigenvalue weighted by atomic mass is 32.2. The Kier molecular flexibility index (Phi) is 2.54. The smallest absolute Gasteiger partial charge is 0.238 e. The van der Waals surface area contributed by atoms with Gasteiger partial charge in [-0.05, 0) is 36.0 Å². The maximum Gasteiger partial charge on any atom is 0.238 e. The predicted octanol–water partition coefficient (Wildman–Crippen LogP) is 0.430. The first-order valence-corrected chi connectivity index (χ1v) is 6.30. The largest absolute Gasteiger partial charge is 0.396 e. The van der Waals surface area contributed by atoms with Crippen LogP contribution in [0.1, 0.15) is 17.9 Å². The van der Waals surface area contributed by atoms with Crippen LogP contribution in [0, 0.1) is 5.92 Å². The molecule has 0 radical (unpaired) electrons. The first-order valence-electron chi connectivity index (χ1n) is 4.76. The quantitative estimate of drug-likeness (QED) is 0.785. The Morgan fingerprint density at radius 1 is 1.33 bits per heavy atom. The van der Waals surface area contributed by atoms with Crippen molar-refractivity contribution in [2.75, 3.05) is 6.61 Å². The standard InChI is InChI=1S/C10H13NO3S/c11-15(13,14)9-3-1-7(2-4-9)10-5-8(10)6-12/h1-4,8,10,12H,5-6H2,(H2,11,13,14)/t8-,10+/m0/s1. The molecule has 1 saturated carbocycles. The number of benzene rings is 1. The van der Waals surface area contributed by atoms with E-state index in [0.29, 0.717) is 11.8 Å². The van der Waals surface area contributed by atoms with Gasteiger partial charge in [-0.1, -0.05) is 12.1 Å². The third-order valence-corrected chi connectivity index (χ3v) is 3.72. The molecule has 0 unspecified atom stereocenters.